The van der Waals surface area contributed by atoms with Crippen molar-refractivity contribution in [3.8, 4) is 11.3 Å². The number of carboxylic acid groups (broad SMARTS) is 1. The maximum Gasteiger partial charge on any atom is 0.403 e. The Morgan fingerprint density at radius 2 is 1.59 bits per heavy atom. The fourth-order valence-electron chi connectivity index (χ4n) is 7.38. The van der Waals surface area contributed by atoms with E-state index in [9.17, 15) is 41.0 Å². The Hall–Kier alpha value is -3.71. The van der Waals surface area contributed by atoms with Crippen LogP contribution in [-0.2, 0) is 22.6 Å². The number of fused-ring (bicyclic) bond motifs is 1. The molecule has 0 spiro atoms. The molecule has 1 atom stereocenters. The number of benzene rings is 2. The van der Waals surface area contributed by atoms with Crippen LogP contribution >= 0.6 is 0 Å². The van der Waals surface area contributed by atoms with Gasteiger partial charge in [-0.1, -0.05) is 48.9 Å². The Bertz CT molecular complexity index is 1680. The Labute approximate surface area is 280 Å². The average Bonchev–Trinajstić information content (AvgIpc) is 3.90. The number of piperidine rings is 2. The molecule has 3 aromatic rings. The molecule has 1 aromatic heterocycles. The van der Waals surface area contributed by atoms with Crippen LogP contribution < -0.4 is 5.32 Å². The summed E-state index contributed by atoms with van der Waals surface area (Å²) in [6, 6.07) is 11.5. The number of carbonyl (C=O) groups is 2. The van der Waals surface area contributed by atoms with Crippen molar-refractivity contribution in [3.05, 3.63) is 65.4 Å². The van der Waals surface area contributed by atoms with Crippen molar-refractivity contribution in [3.63, 3.8) is 0 Å². The lowest BCUT2D eigenvalue weighted by Crippen LogP contribution is -2.59. The minimum absolute atomic E-state index is 0.298. The van der Waals surface area contributed by atoms with Crippen LogP contribution in [0.1, 0.15) is 67.6 Å². The van der Waals surface area contributed by atoms with Crippen LogP contribution in [-0.4, -0.2) is 82.9 Å². The van der Waals surface area contributed by atoms with E-state index in [1.54, 1.807) is 12.1 Å². The number of aromatic nitrogens is 1. The van der Waals surface area contributed by atoms with E-state index in [0.717, 1.165) is 59.6 Å². The highest BCUT2D eigenvalue weighted by atomic mass is 19.4. The number of aliphatic carboxylic acids is 1. The van der Waals surface area contributed by atoms with Crippen LogP contribution in [0.25, 0.3) is 22.0 Å². The molecule has 7 nitrogen and oxygen atoms in total. The highest BCUT2D eigenvalue weighted by Gasteiger charge is 2.61. The molecule has 13 heteroatoms. The predicted octanol–water partition coefficient (Wildman–Crippen LogP) is 7.08. The summed E-state index contributed by atoms with van der Waals surface area (Å²) in [5.41, 5.74) is 1.56. The first-order chi connectivity index (χ1) is 23.2. The Kier molecular flexibility index (Phi) is 9.96. The molecule has 0 bridgehead atoms. The van der Waals surface area contributed by atoms with E-state index >= 15 is 0 Å². The van der Waals surface area contributed by atoms with E-state index in [1.807, 2.05) is 30.5 Å². The number of carbonyl (C=O) groups excluding carboxylic acids is 1. The van der Waals surface area contributed by atoms with Crippen molar-refractivity contribution in [2.45, 2.75) is 82.2 Å². The zero-order valence-corrected chi connectivity index (χ0v) is 27.0. The van der Waals surface area contributed by atoms with Crippen LogP contribution in [0.15, 0.2) is 48.7 Å². The molecule has 2 aromatic carbocycles. The van der Waals surface area contributed by atoms with E-state index < -0.39 is 68.2 Å². The van der Waals surface area contributed by atoms with Crippen LogP contribution in [0.2, 0.25) is 0 Å². The zero-order valence-electron chi connectivity index (χ0n) is 27.0. The van der Waals surface area contributed by atoms with Gasteiger partial charge in [0.15, 0.2) is 0 Å². The molecule has 1 saturated carbocycles. The molecule has 6 rings (SSSR count). The summed E-state index contributed by atoms with van der Waals surface area (Å²) in [5.74, 6) is -2.66. The van der Waals surface area contributed by atoms with Crippen molar-refractivity contribution in [2.75, 3.05) is 32.7 Å². The number of halogens is 6. The van der Waals surface area contributed by atoms with Crippen molar-refractivity contribution in [1.29, 1.82) is 0 Å². The smallest absolute Gasteiger partial charge is 0.403 e. The number of alkyl halides is 6. The van der Waals surface area contributed by atoms with Crippen LogP contribution in [0, 0.1) is 5.41 Å². The summed E-state index contributed by atoms with van der Waals surface area (Å²) in [4.78, 5) is 33.9. The third kappa shape index (κ3) is 7.88. The first-order valence-corrected chi connectivity index (χ1v) is 16.9. The van der Waals surface area contributed by atoms with E-state index in [0.29, 0.717) is 16.9 Å². The minimum Gasteiger partial charge on any atom is -0.480 e. The highest BCUT2D eigenvalue weighted by molar-refractivity contribution is 5.99. The Balaban J connectivity index is 1.25. The van der Waals surface area contributed by atoms with Gasteiger partial charge in [-0.3, -0.25) is 19.6 Å². The van der Waals surface area contributed by atoms with E-state index in [-0.39, 0.29) is 6.42 Å². The standard InChI is InChI=1S/C36H40F6N4O3/c37-35(38,39)22-46-16-12-34(13-17-46,36(40,41)42)33(49)44-30(32(47)48)19-25-6-4-8-27-26(25)7-5-9-28(27)31-29(24-10-11-24)18-23(20-43-31)21-45-14-2-1-3-15-45/h4-9,18,20,24,30H,1-3,10-17,19,21-22H2,(H,44,49)(H,47,48)/t30-/m0/s1. The van der Waals surface area contributed by atoms with Gasteiger partial charge in [-0.25, -0.2) is 4.79 Å². The minimum atomic E-state index is -5.09. The highest BCUT2D eigenvalue weighted by Crippen LogP contribution is 2.48. The van der Waals surface area contributed by atoms with Gasteiger partial charge in [0, 0.05) is 24.7 Å². The monoisotopic (exact) mass is 690 g/mol. The van der Waals surface area contributed by atoms with E-state index in [2.05, 4.69) is 16.3 Å². The lowest BCUT2D eigenvalue weighted by molar-refractivity contribution is -0.236. The van der Waals surface area contributed by atoms with Gasteiger partial charge in [0.2, 0.25) is 5.91 Å². The van der Waals surface area contributed by atoms with Crippen molar-refractivity contribution in [2.24, 2.45) is 5.41 Å². The second kappa shape index (κ2) is 13.9. The largest absolute Gasteiger partial charge is 0.480 e. The van der Waals surface area contributed by atoms with Gasteiger partial charge in [-0.2, -0.15) is 26.3 Å². The molecule has 0 radical (unpaired) electrons. The topological polar surface area (TPSA) is 85.8 Å². The maximum absolute atomic E-state index is 14.4. The first-order valence-electron chi connectivity index (χ1n) is 16.9. The number of likely N-dealkylation sites (tertiary alicyclic amines) is 2. The molecule has 2 N–H and O–H groups in total. The molecular formula is C36H40F6N4O3. The molecule has 264 valence electrons. The summed E-state index contributed by atoms with van der Waals surface area (Å²) in [7, 11) is 0. The lowest BCUT2D eigenvalue weighted by atomic mass is 9.76. The van der Waals surface area contributed by atoms with Crippen LogP contribution in [0.5, 0.6) is 0 Å². The molecule has 0 unspecified atom stereocenters. The predicted molar refractivity (Wildman–Crippen MR) is 172 cm³/mol. The van der Waals surface area contributed by atoms with Crippen molar-refractivity contribution in [1.82, 2.24) is 20.1 Å². The normalized spacial score (nSPS) is 19.9. The number of carboxylic acids is 1. The molecular weight excluding hydrogens is 650 g/mol. The van der Waals surface area contributed by atoms with E-state index in [1.165, 1.54) is 24.8 Å². The van der Waals surface area contributed by atoms with E-state index in [4.69, 9.17) is 4.98 Å². The number of hydrogen-bond acceptors (Lipinski definition) is 5. The summed E-state index contributed by atoms with van der Waals surface area (Å²) in [6.07, 6.45) is -4.11. The second-order valence-corrected chi connectivity index (χ2v) is 13.7. The molecule has 3 fully saturated rings. The third-order valence-electron chi connectivity index (χ3n) is 10.2. The van der Waals surface area contributed by atoms with Crippen LogP contribution in [0.3, 0.4) is 0 Å². The van der Waals surface area contributed by atoms with Gasteiger partial charge < -0.3 is 10.4 Å². The summed E-state index contributed by atoms with van der Waals surface area (Å²) < 4.78 is 81.7. The Morgan fingerprint density at radius 1 is 0.918 bits per heavy atom. The van der Waals surface area contributed by atoms with Crippen molar-refractivity contribution < 1.29 is 41.0 Å². The van der Waals surface area contributed by atoms with Crippen molar-refractivity contribution >= 4 is 22.6 Å². The number of hydrogen-bond donors (Lipinski definition) is 2. The maximum atomic E-state index is 14.4. The fraction of sp³-hybridized carbons (Fsp3) is 0.528. The number of rotatable bonds is 10. The Morgan fingerprint density at radius 3 is 2.22 bits per heavy atom. The number of nitrogens with zero attached hydrogens (tertiary/aromatic N) is 3. The fourth-order valence-corrected chi connectivity index (χ4v) is 7.38. The van der Waals surface area contributed by atoms with Gasteiger partial charge in [-0.15, -0.1) is 0 Å². The molecule has 3 aliphatic rings. The number of nitrogens with one attached hydrogen (secondary N) is 1. The average molecular weight is 691 g/mol. The van der Waals surface area contributed by atoms with Gasteiger partial charge in [0.1, 0.15) is 11.5 Å². The summed E-state index contributed by atoms with van der Waals surface area (Å²) in [6.45, 7) is 0.392. The van der Waals surface area contributed by atoms with Gasteiger partial charge in [0.25, 0.3) is 0 Å². The lowest BCUT2D eigenvalue weighted by Gasteiger charge is -2.42. The molecule has 1 aliphatic carbocycles. The first kappa shape index (κ1) is 35.1. The third-order valence-corrected chi connectivity index (χ3v) is 10.2. The SMILES string of the molecule is O=C(O)[C@H](Cc1cccc2c(-c3ncc(CN4CCCCC4)cc3C3CC3)cccc12)NC(=O)C1(C(F)(F)F)CCN(CC(F)(F)F)CC1. The summed E-state index contributed by atoms with van der Waals surface area (Å²) >= 11 is 0. The molecule has 3 heterocycles. The summed E-state index contributed by atoms with van der Waals surface area (Å²) in [5, 5.41) is 13.7. The number of pyridine rings is 1. The molecule has 2 aliphatic heterocycles. The molecule has 49 heavy (non-hydrogen) atoms. The molecule has 2 saturated heterocycles. The quantitative estimate of drug-likeness (QED) is 0.221. The number of amides is 1. The zero-order chi connectivity index (χ0) is 35.0. The van der Waals surface area contributed by atoms with Crippen LogP contribution in [0.4, 0.5) is 26.3 Å². The second-order valence-electron chi connectivity index (χ2n) is 13.7. The van der Waals surface area contributed by atoms with Gasteiger partial charge in [-0.05, 0) is 98.1 Å². The van der Waals surface area contributed by atoms with Gasteiger partial charge in [0.05, 0.1) is 12.2 Å². The van der Waals surface area contributed by atoms with Gasteiger partial charge >= 0.3 is 18.3 Å². The molecule has 1 amide bonds.